The van der Waals surface area contributed by atoms with E-state index in [9.17, 15) is 13.2 Å². The third kappa shape index (κ3) is 3.65. The number of aromatic nitrogens is 3. The molecule has 2 rings (SSSR count). The van der Waals surface area contributed by atoms with E-state index in [2.05, 4.69) is 10.3 Å². The van der Waals surface area contributed by atoms with Gasteiger partial charge in [0.05, 0.1) is 6.20 Å². The van der Waals surface area contributed by atoms with Crippen LogP contribution in [0.25, 0.3) is 11.3 Å². The standard InChI is InChI=1S/C15H19N3O4S/c1-15(14(20)11-19,23(2,21)22)8-9-18-10-13(16-17-18)12-6-4-3-5-7-12/h3-7,10,19H,8-9,11H2,1-2H3/t15-/m1/s1. The highest BCUT2D eigenvalue weighted by Crippen LogP contribution is 2.23. The molecule has 0 amide bonds. The van der Waals surface area contributed by atoms with E-state index in [1.165, 1.54) is 11.6 Å². The first-order valence-corrected chi connectivity index (χ1v) is 8.96. The molecular weight excluding hydrogens is 318 g/mol. The molecule has 1 N–H and O–H groups in total. The fraction of sp³-hybridized carbons (Fsp3) is 0.400. The van der Waals surface area contributed by atoms with E-state index in [1.807, 2.05) is 30.3 Å². The topological polar surface area (TPSA) is 102 Å². The van der Waals surface area contributed by atoms with Crippen LogP contribution in [-0.2, 0) is 21.2 Å². The number of benzene rings is 1. The molecule has 0 spiro atoms. The molecule has 124 valence electrons. The number of aryl methyl sites for hydroxylation is 1. The lowest BCUT2D eigenvalue weighted by atomic mass is 10.0. The number of hydrogen-bond acceptors (Lipinski definition) is 6. The van der Waals surface area contributed by atoms with Crippen molar-refractivity contribution in [3.63, 3.8) is 0 Å². The summed E-state index contributed by atoms with van der Waals surface area (Å²) < 4.78 is 23.7. The Labute approximate surface area is 134 Å². The van der Waals surface area contributed by atoms with Gasteiger partial charge in [-0.05, 0) is 13.3 Å². The Kier molecular flexibility index (Phi) is 4.96. The molecule has 0 aliphatic rings. The van der Waals surface area contributed by atoms with Gasteiger partial charge >= 0.3 is 0 Å². The number of Topliss-reactive ketones (excluding diaryl/α,β-unsaturated/α-hetero) is 1. The van der Waals surface area contributed by atoms with E-state index in [0.29, 0.717) is 5.69 Å². The molecule has 0 saturated heterocycles. The highest BCUT2D eigenvalue weighted by atomic mass is 32.2. The fourth-order valence-corrected chi connectivity index (χ4v) is 3.12. The van der Waals surface area contributed by atoms with Gasteiger partial charge in [0.1, 0.15) is 17.0 Å². The highest BCUT2D eigenvalue weighted by molar-refractivity contribution is 7.92. The number of rotatable bonds is 7. The van der Waals surface area contributed by atoms with Crippen molar-refractivity contribution in [2.75, 3.05) is 12.9 Å². The maximum absolute atomic E-state index is 11.9. The summed E-state index contributed by atoms with van der Waals surface area (Å²) in [6, 6.07) is 9.45. The summed E-state index contributed by atoms with van der Waals surface area (Å²) >= 11 is 0. The number of sulfone groups is 1. The summed E-state index contributed by atoms with van der Waals surface area (Å²) in [6.07, 6.45) is 2.71. The molecular formula is C15H19N3O4S. The molecule has 0 aliphatic carbocycles. The molecule has 1 aromatic heterocycles. The van der Waals surface area contributed by atoms with E-state index in [0.717, 1.165) is 11.8 Å². The van der Waals surface area contributed by atoms with Crippen LogP contribution in [0.1, 0.15) is 13.3 Å². The van der Waals surface area contributed by atoms with Crippen LogP contribution in [0, 0.1) is 0 Å². The van der Waals surface area contributed by atoms with Crippen LogP contribution in [0.3, 0.4) is 0 Å². The molecule has 0 unspecified atom stereocenters. The zero-order valence-electron chi connectivity index (χ0n) is 13.0. The van der Waals surface area contributed by atoms with E-state index < -0.39 is 27.0 Å². The third-order valence-electron chi connectivity index (χ3n) is 3.98. The van der Waals surface area contributed by atoms with Gasteiger partial charge in [0.15, 0.2) is 15.6 Å². The first-order valence-electron chi connectivity index (χ1n) is 7.07. The number of aliphatic hydroxyl groups is 1. The van der Waals surface area contributed by atoms with Crippen LogP contribution in [0.2, 0.25) is 0 Å². The molecule has 1 heterocycles. The van der Waals surface area contributed by atoms with Gasteiger partial charge in [-0.25, -0.2) is 8.42 Å². The Morgan fingerprint density at radius 1 is 1.30 bits per heavy atom. The largest absolute Gasteiger partial charge is 0.389 e. The zero-order chi connectivity index (χ0) is 17.1. The summed E-state index contributed by atoms with van der Waals surface area (Å²) in [7, 11) is -3.66. The molecule has 1 atom stereocenters. The second kappa shape index (κ2) is 6.59. The molecule has 23 heavy (non-hydrogen) atoms. The Morgan fingerprint density at radius 2 is 1.96 bits per heavy atom. The quantitative estimate of drug-likeness (QED) is 0.798. The normalized spacial score (nSPS) is 14.4. The zero-order valence-corrected chi connectivity index (χ0v) is 13.8. The molecule has 7 nitrogen and oxygen atoms in total. The van der Waals surface area contributed by atoms with Gasteiger partial charge in [-0.15, -0.1) is 5.10 Å². The second-order valence-electron chi connectivity index (χ2n) is 5.57. The van der Waals surface area contributed by atoms with Gasteiger partial charge < -0.3 is 5.11 Å². The summed E-state index contributed by atoms with van der Waals surface area (Å²) in [4.78, 5) is 11.9. The fourth-order valence-electron chi connectivity index (χ4n) is 2.18. The van der Waals surface area contributed by atoms with E-state index in [1.54, 1.807) is 6.20 Å². The van der Waals surface area contributed by atoms with Gasteiger partial charge in [0.2, 0.25) is 0 Å². The van der Waals surface area contributed by atoms with Crippen molar-refractivity contribution >= 4 is 15.6 Å². The monoisotopic (exact) mass is 337 g/mol. The van der Waals surface area contributed by atoms with E-state index in [4.69, 9.17) is 5.11 Å². The van der Waals surface area contributed by atoms with Gasteiger partial charge in [-0.1, -0.05) is 35.5 Å². The number of carbonyl (C=O) groups excluding carboxylic acids is 1. The highest BCUT2D eigenvalue weighted by Gasteiger charge is 2.42. The maximum atomic E-state index is 11.9. The number of aliphatic hydroxyl groups excluding tert-OH is 1. The molecule has 0 fully saturated rings. The first kappa shape index (κ1) is 17.3. The van der Waals surface area contributed by atoms with Crippen molar-refractivity contribution in [1.82, 2.24) is 15.0 Å². The predicted octanol–water partition coefficient (Wildman–Crippen LogP) is 0.700. The summed E-state index contributed by atoms with van der Waals surface area (Å²) in [5.41, 5.74) is 1.57. The minimum atomic E-state index is -3.66. The van der Waals surface area contributed by atoms with Gasteiger partial charge in [0.25, 0.3) is 0 Å². The maximum Gasteiger partial charge on any atom is 0.179 e. The van der Waals surface area contributed by atoms with Crippen molar-refractivity contribution in [2.24, 2.45) is 0 Å². The van der Waals surface area contributed by atoms with Crippen LogP contribution in [0.15, 0.2) is 36.5 Å². The van der Waals surface area contributed by atoms with Gasteiger partial charge in [-0.2, -0.15) is 0 Å². The molecule has 0 bridgehead atoms. The van der Waals surface area contributed by atoms with Crippen molar-refractivity contribution in [1.29, 1.82) is 0 Å². The van der Waals surface area contributed by atoms with Crippen LogP contribution >= 0.6 is 0 Å². The second-order valence-corrected chi connectivity index (χ2v) is 8.01. The third-order valence-corrected chi connectivity index (χ3v) is 6.05. The van der Waals surface area contributed by atoms with Crippen LogP contribution < -0.4 is 0 Å². The summed E-state index contributed by atoms with van der Waals surface area (Å²) in [5.74, 6) is -0.719. The van der Waals surface area contributed by atoms with Crippen LogP contribution in [0.5, 0.6) is 0 Å². The smallest absolute Gasteiger partial charge is 0.179 e. The number of ketones is 1. The Hall–Kier alpha value is -2.06. The number of carbonyl (C=O) groups is 1. The molecule has 2 aromatic rings. The lowest BCUT2D eigenvalue weighted by Crippen LogP contribution is -2.45. The Bertz CT molecular complexity index is 786. The van der Waals surface area contributed by atoms with Gasteiger partial charge in [-0.3, -0.25) is 9.48 Å². The summed E-state index contributed by atoms with van der Waals surface area (Å²) in [6.45, 7) is 0.723. The van der Waals surface area contributed by atoms with Crippen molar-refractivity contribution < 1.29 is 18.3 Å². The van der Waals surface area contributed by atoms with Crippen LogP contribution in [-0.4, -0.2) is 51.9 Å². The molecule has 0 saturated carbocycles. The first-order chi connectivity index (χ1) is 10.8. The molecule has 0 radical (unpaired) electrons. The van der Waals surface area contributed by atoms with Crippen molar-refractivity contribution in [3.05, 3.63) is 36.5 Å². The minimum absolute atomic E-state index is 0.0167. The predicted molar refractivity (Wildman–Crippen MR) is 85.4 cm³/mol. The molecule has 8 heteroatoms. The van der Waals surface area contributed by atoms with Crippen molar-refractivity contribution in [3.8, 4) is 11.3 Å². The van der Waals surface area contributed by atoms with Gasteiger partial charge in [0, 0.05) is 18.4 Å². The average molecular weight is 337 g/mol. The lowest BCUT2D eigenvalue weighted by Gasteiger charge is -2.25. The van der Waals surface area contributed by atoms with E-state index >= 15 is 0 Å². The molecule has 1 aromatic carbocycles. The Morgan fingerprint density at radius 3 is 2.52 bits per heavy atom. The number of nitrogens with zero attached hydrogens (tertiary/aromatic N) is 3. The van der Waals surface area contributed by atoms with E-state index in [-0.39, 0.29) is 13.0 Å². The average Bonchev–Trinajstić information content (AvgIpc) is 3.00. The Balaban J connectivity index is 2.17. The van der Waals surface area contributed by atoms with Crippen molar-refractivity contribution in [2.45, 2.75) is 24.6 Å². The SMILES string of the molecule is C[C@@](CCn1cc(-c2ccccc2)nn1)(C(=O)CO)S(C)(=O)=O. The summed E-state index contributed by atoms with van der Waals surface area (Å²) in [5, 5.41) is 17.0. The van der Waals surface area contributed by atoms with Crippen LogP contribution in [0.4, 0.5) is 0 Å². The molecule has 0 aliphatic heterocycles. The minimum Gasteiger partial charge on any atom is -0.389 e. The number of hydrogen-bond donors (Lipinski definition) is 1. The lowest BCUT2D eigenvalue weighted by molar-refractivity contribution is -0.124.